The van der Waals surface area contributed by atoms with Crippen molar-refractivity contribution in [3.05, 3.63) is 57.8 Å². The van der Waals surface area contributed by atoms with Gasteiger partial charge >= 0.3 is 0 Å². The number of benzene rings is 1. The summed E-state index contributed by atoms with van der Waals surface area (Å²) < 4.78 is 34.4. The number of thioether (sulfide) groups is 1. The van der Waals surface area contributed by atoms with Gasteiger partial charge in [-0.2, -0.15) is 0 Å². The monoisotopic (exact) mass is 508 g/mol. The van der Waals surface area contributed by atoms with Crippen LogP contribution in [0.15, 0.2) is 39.9 Å². The van der Waals surface area contributed by atoms with Crippen molar-refractivity contribution < 1.29 is 18.3 Å². The number of halogens is 3. The molecule has 1 fully saturated rings. The van der Waals surface area contributed by atoms with Gasteiger partial charge in [0.2, 0.25) is 0 Å². The highest BCUT2D eigenvalue weighted by Crippen LogP contribution is 2.54. The summed E-state index contributed by atoms with van der Waals surface area (Å²) in [6.45, 7) is 0. The van der Waals surface area contributed by atoms with Crippen LogP contribution in [0.3, 0.4) is 0 Å². The van der Waals surface area contributed by atoms with Gasteiger partial charge in [0.05, 0.1) is 6.20 Å². The molecule has 0 bridgehead atoms. The van der Waals surface area contributed by atoms with Crippen LogP contribution in [0.1, 0.15) is 35.3 Å². The minimum Gasteiger partial charge on any atom is -0.490 e. The molecule has 10 heteroatoms. The highest BCUT2D eigenvalue weighted by molar-refractivity contribution is 9.10. The molecule has 162 valence electrons. The molecule has 0 radical (unpaired) electrons. The van der Waals surface area contributed by atoms with Crippen molar-refractivity contribution in [1.82, 2.24) is 10.3 Å². The molecule has 3 aliphatic rings. The summed E-state index contributed by atoms with van der Waals surface area (Å²) in [5, 5.41) is 3.40. The van der Waals surface area contributed by atoms with Crippen LogP contribution in [0.4, 0.5) is 8.78 Å². The number of hydrogen-bond acceptors (Lipinski definition) is 6. The van der Waals surface area contributed by atoms with E-state index in [1.54, 1.807) is 0 Å². The van der Waals surface area contributed by atoms with Crippen LogP contribution < -0.4 is 15.8 Å². The zero-order valence-electron chi connectivity index (χ0n) is 16.3. The van der Waals surface area contributed by atoms with E-state index in [2.05, 4.69) is 26.2 Å². The van der Waals surface area contributed by atoms with Gasteiger partial charge in [-0.3, -0.25) is 4.79 Å². The molecule has 5 rings (SSSR count). The first-order valence-electron chi connectivity index (χ1n) is 9.92. The minimum absolute atomic E-state index is 0.00655. The summed E-state index contributed by atoms with van der Waals surface area (Å²) in [4.78, 5) is 21.1. The van der Waals surface area contributed by atoms with Crippen molar-refractivity contribution in [2.75, 3.05) is 5.75 Å². The Hall–Kier alpha value is -2.20. The molecule has 1 aromatic heterocycles. The summed E-state index contributed by atoms with van der Waals surface area (Å²) in [5.41, 5.74) is 6.12. The highest BCUT2D eigenvalue weighted by Gasteiger charge is 2.54. The third kappa shape index (κ3) is 3.59. The normalized spacial score (nSPS) is 29.0. The average molecular weight is 509 g/mol. The molecular formula is C21H19BrF2N4O2S. The van der Waals surface area contributed by atoms with Gasteiger partial charge < -0.3 is 15.8 Å². The SMILES string of the molecule is NC1=NC2(CS1)c1cc(Br)ccc1O[C@H]1CC[C@H](NC(=O)c3ncc(F)cc3F)C[C@@H]12. The molecule has 1 amide bonds. The maximum Gasteiger partial charge on any atom is 0.273 e. The third-order valence-electron chi connectivity index (χ3n) is 6.19. The first kappa shape index (κ1) is 20.7. The van der Waals surface area contributed by atoms with Crippen LogP contribution >= 0.6 is 27.7 Å². The maximum atomic E-state index is 14.0. The second kappa shape index (κ2) is 7.74. The lowest BCUT2D eigenvalue weighted by Gasteiger charge is -2.48. The average Bonchev–Trinajstić information content (AvgIpc) is 3.12. The smallest absolute Gasteiger partial charge is 0.273 e. The number of amides is 1. The Bertz CT molecular complexity index is 1100. The van der Waals surface area contributed by atoms with E-state index in [-0.39, 0.29) is 18.1 Å². The first-order chi connectivity index (χ1) is 14.9. The minimum atomic E-state index is -0.980. The largest absolute Gasteiger partial charge is 0.490 e. The molecule has 6 nitrogen and oxygen atoms in total. The van der Waals surface area contributed by atoms with Gasteiger partial charge in [-0.25, -0.2) is 18.8 Å². The van der Waals surface area contributed by atoms with Crippen molar-refractivity contribution in [3.8, 4) is 5.75 Å². The summed E-state index contributed by atoms with van der Waals surface area (Å²) in [6, 6.07) is 6.36. The predicted molar refractivity (Wildman–Crippen MR) is 117 cm³/mol. The zero-order chi connectivity index (χ0) is 21.8. The van der Waals surface area contributed by atoms with Crippen LogP contribution in [-0.4, -0.2) is 34.0 Å². The van der Waals surface area contributed by atoms with Gasteiger partial charge in [0.1, 0.15) is 23.2 Å². The molecule has 1 saturated carbocycles. The van der Waals surface area contributed by atoms with Gasteiger partial charge in [-0.05, 0) is 37.5 Å². The number of carbonyl (C=O) groups is 1. The number of fused-ring (bicyclic) bond motifs is 4. The van der Waals surface area contributed by atoms with E-state index in [0.29, 0.717) is 36.2 Å². The van der Waals surface area contributed by atoms with Crippen molar-refractivity contribution in [3.63, 3.8) is 0 Å². The Morgan fingerprint density at radius 2 is 2.16 bits per heavy atom. The summed E-state index contributed by atoms with van der Waals surface area (Å²) in [7, 11) is 0. The van der Waals surface area contributed by atoms with Crippen molar-refractivity contribution in [1.29, 1.82) is 0 Å². The molecule has 3 N–H and O–H groups in total. The first-order valence-corrected chi connectivity index (χ1v) is 11.7. The summed E-state index contributed by atoms with van der Waals surface area (Å²) >= 11 is 5.06. The van der Waals surface area contributed by atoms with Gasteiger partial charge in [0, 0.05) is 33.8 Å². The molecule has 4 atom stereocenters. The number of nitrogens with one attached hydrogen (secondary N) is 1. The van der Waals surface area contributed by atoms with Crippen LogP contribution in [0.2, 0.25) is 0 Å². The van der Waals surface area contributed by atoms with E-state index >= 15 is 0 Å². The number of nitrogens with two attached hydrogens (primary N) is 1. The summed E-state index contributed by atoms with van der Waals surface area (Å²) in [5.74, 6) is -0.959. The fourth-order valence-corrected chi connectivity index (χ4v) is 6.22. The lowest BCUT2D eigenvalue weighted by molar-refractivity contribution is 0.0155. The van der Waals surface area contributed by atoms with Crippen molar-refractivity contribution in [2.45, 2.75) is 36.9 Å². The van der Waals surface area contributed by atoms with E-state index in [1.807, 2.05) is 18.2 Å². The van der Waals surface area contributed by atoms with Crippen LogP contribution in [0.25, 0.3) is 0 Å². The van der Waals surface area contributed by atoms with Gasteiger partial charge in [-0.15, -0.1) is 0 Å². The number of aromatic nitrogens is 1. The molecule has 0 saturated heterocycles. The highest BCUT2D eigenvalue weighted by atomic mass is 79.9. The molecule has 1 unspecified atom stereocenters. The molecule has 1 aliphatic carbocycles. The topological polar surface area (TPSA) is 89.6 Å². The van der Waals surface area contributed by atoms with Gasteiger partial charge in [0.25, 0.3) is 5.91 Å². The predicted octanol–water partition coefficient (Wildman–Crippen LogP) is 3.74. The van der Waals surface area contributed by atoms with Crippen LogP contribution in [0.5, 0.6) is 5.75 Å². The number of rotatable bonds is 2. The van der Waals surface area contributed by atoms with E-state index in [9.17, 15) is 13.6 Å². The van der Waals surface area contributed by atoms with E-state index in [4.69, 9.17) is 15.5 Å². The quantitative estimate of drug-likeness (QED) is 0.644. The Morgan fingerprint density at radius 1 is 1.32 bits per heavy atom. The van der Waals surface area contributed by atoms with Crippen molar-refractivity contribution in [2.24, 2.45) is 16.6 Å². The lowest BCUT2D eigenvalue weighted by Crippen LogP contribution is -2.54. The maximum absolute atomic E-state index is 14.0. The Morgan fingerprint density at radius 3 is 2.90 bits per heavy atom. The number of amidine groups is 1. The van der Waals surface area contributed by atoms with Gasteiger partial charge in [-0.1, -0.05) is 27.7 Å². The fourth-order valence-electron chi connectivity index (χ4n) is 4.83. The van der Waals surface area contributed by atoms with Crippen LogP contribution in [0, 0.1) is 17.6 Å². The van der Waals surface area contributed by atoms with E-state index in [0.717, 1.165) is 22.0 Å². The Labute approximate surface area is 190 Å². The van der Waals surface area contributed by atoms with E-state index in [1.165, 1.54) is 11.8 Å². The Kier molecular flexibility index (Phi) is 5.16. The third-order valence-corrected chi connectivity index (χ3v) is 7.66. The second-order valence-electron chi connectivity index (χ2n) is 8.03. The second-order valence-corrected chi connectivity index (χ2v) is 9.94. The standard InChI is InChI=1S/C21H19BrF2N4O2S/c22-10-1-3-16-13(5-10)21(9-31-20(25)28-21)14-7-12(2-4-17(14)30-16)27-19(29)18-15(24)6-11(23)8-26-18/h1,3,5-6,8,12,14,17H,2,4,7,9H2,(H2,25,28)(H,27,29)/t12-,14-,17-,21?/m0/s1. The Balaban J connectivity index is 1.43. The van der Waals surface area contributed by atoms with E-state index < -0.39 is 28.8 Å². The fraction of sp³-hybridized carbons (Fsp3) is 0.381. The molecule has 2 aromatic rings. The molecule has 1 aromatic carbocycles. The number of pyridine rings is 1. The number of nitrogens with zero attached hydrogens (tertiary/aromatic N) is 2. The summed E-state index contributed by atoms with van der Waals surface area (Å²) in [6.07, 6.45) is 2.76. The van der Waals surface area contributed by atoms with Crippen molar-refractivity contribution >= 4 is 38.8 Å². The molecular weight excluding hydrogens is 490 g/mol. The number of aliphatic imine (C=N–C) groups is 1. The zero-order valence-corrected chi connectivity index (χ0v) is 18.7. The molecule has 3 heterocycles. The number of hydrogen-bond donors (Lipinski definition) is 2. The molecule has 1 spiro atoms. The molecule has 2 aliphatic heterocycles. The molecule has 31 heavy (non-hydrogen) atoms. The number of carbonyl (C=O) groups excluding carboxylic acids is 1. The van der Waals surface area contributed by atoms with Gasteiger partial charge in [0.15, 0.2) is 16.7 Å². The van der Waals surface area contributed by atoms with Crippen LogP contribution in [-0.2, 0) is 5.54 Å². The lowest BCUT2D eigenvalue weighted by atomic mass is 9.67. The number of ether oxygens (including phenoxy) is 1.